The van der Waals surface area contributed by atoms with Crippen molar-refractivity contribution in [1.29, 1.82) is 0 Å². The maximum atomic E-state index is 6.02. The van der Waals surface area contributed by atoms with E-state index in [4.69, 9.17) is 5.73 Å². The first-order valence-electron chi connectivity index (χ1n) is 9.15. The van der Waals surface area contributed by atoms with Gasteiger partial charge in [-0.25, -0.2) is 0 Å². The summed E-state index contributed by atoms with van der Waals surface area (Å²) in [5, 5.41) is 3.34. The summed E-state index contributed by atoms with van der Waals surface area (Å²) in [6.45, 7) is 15.8. The summed E-state index contributed by atoms with van der Waals surface area (Å²) in [6, 6.07) is 0.420. The van der Waals surface area contributed by atoms with Gasteiger partial charge in [0.15, 0.2) is 5.96 Å². The Morgan fingerprint density at radius 1 is 1.17 bits per heavy atom. The second-order valence-corrected chi connectivity index (χ2v) is 7.90. The molecule has 3 N–H and O–H groups in total. The lowest BCUT2D eigenvalue weighted by atomic mass is 10.0. The average molecular weight is 438 g/mol. The first kappa shape index (κ1) is 23.0. The van der Waals surface area contributed by atoms with Crippen molar-refractivity contribution in [3.8, 4) is 0 Å². The second-order valence-electron chi connectivity index (χ2n) is 7.90. The highest BCUT2D eigenvalue weighted by molar-refractivity contribution is 14.0. The van der Waals surface area contributed by atoms with E-state index in [1.54, 1.807) is 0 Å². The van der Waals surface area contributed by atoms with Crippen molar-refractivity contribution in [2.75, 3.05) is 26.2 Å². The number of nitrogens with one attached hydrogen (secondary N) is 1. The number of hydrogen-bond donors (Lipinski definition) is 2. The molecule has 23 heavy (non-hydrogen) atoms. The van der Waals surface area contributed by atoms with E-state index in [2.05, 4.69) is 49.8 Å². The van der Waals surface area contributed by atoms with Crippen LogP contribution in [0.15, 0.2) is 4.99 Å². The van der Waals surface area contributed by atoms with Gasteiger partial charge in [-0.05, 0) is 44.1 Å². The Bertz CT molecular complexity index is 331. The van der Waals surface area contributed by atoms with Crippen molar-refractivity contribution < 1.29 is 0 Å². The third-order valence-corrected chi connectivity index (χ3v) is 4.33. The lowest BCUT2D eigenvalue weighted by molar-refractivity contribution is 0.288. The van der Waals surface area contributed by atoms with Crippen molar-refractivity contribution in [2.45, 2.75) is 66.3 Å². The van der Waals surface area contributed by atoms with Crippen LogP contribution in [0.5, 0.6) is 0 Å². The number of likely N-dealkylation sites (tertiary alicyclic amines) is 1. The maximum Gasteiger partial charge on any atom is 0.188 e. The van der Waals surface area contributed by atoms with Gasteiger partial charge < -0.3 is 16.0 Å². The molecule has 0 aromatic carbocycles. The zero-order valence-electron chi connectivity index (χ0n) is 15.8. The number of hydrogen-bond acceptors (Lipinski definition) is 2. The van der Waals surface area contributed by atoms with Crippen LogP contribution in [-0.2, 0) is 0 Å². The SMILES string of the molecule is CC(C)CCCC(C)NC(N)=NCC1CCN(CC(C)C)C1.I. The van der Waals surface area contributed by atoms with Gasteiger partial charge in [-0.3, -0.25) is 4.99 Å². The van der Waals surface area contributed by atoms with Gasteiger partial charge in [0.1, 0.15) is 0 Å². The lowest BCUT2D eigenvalue weighted by Gasteiger charge is -2.18. The van der Waals surface area contributed by atoms with Crippen LogP contribution in [-0.4, -0.2) is 43.1 Å². The highest BCUT2D eigenvalue weighted by atomic mass is 127. The van der Waals surface area contributed by atoms with E-state index in [0.717, 1.165) is 18.4 Å². The first-order chi connectivity index (χ1) is 10.4. The zero-order chi connectivity index (χ0) is 16.5. The topological polar surface area (TPSA) is 53.6 Å². The zero-order valence-corrected chi connectivity index (χ0v) is 18.2. The van der Waals surface area contributed by atoms with Gasteiger partial charge in [0, 0.05) is 25.7 Å². The second kappa shape index (κ2) is 12.3. The van der Waals surface area contributed by atoms with E-state index in [1.165, 1.54) is 45.3 Å². The molecule has 0 saturated carbocycles. The van der Waals surface area contributed by atoms with Crippen LogP contribution in [0.25, 0.3) is 0 Å². The fourth-order valence-electron chi connectivity index (χ4n) is 3.17. The number of nitrogens with zero attached hydrogens (tertiary/aromatic N) is 2. The molecule has 2 unspecified atom stereocenters. The Morgan fingerprint density at radius 3 is 2.48 bits per heavy atom. The third-order valence-electron chi connectivity index (χ3n) is 4.33. The summed E-state index contributed by atoms with van der Waals surface area (Å²) in [6.07, 6.45) is 4.97. The molecule has 1 aliphatic rings. The van der Waals surface area contributed by atoms with E-state index in [9.17, 15) is 0 Å². The van der Waals surface area contributed by atoms with Crippen molar-refractivity contribution >= 4 is 29.9 Å². The number of aliphatic imine (C=N–C) groups is 1. The van der Waals surface area contributed by atoms with E-state index in [1.807, 2.05) is 0 Å². The van der Waals surface area contributed by atoms with Gasteiger partial charge in [0.05, 0.1) is 0 Å². The molecule has 5 heteroatoms. The van der Waals surface area contributed by atoms with Gasteiger partial charge in [-0.2, -0.15) is 0 Å². The number of nitrogens with two attached hydrogens (primary N) is 1. The van der Waals surface area contributed by atoms with Gasteiger partial charge in [-0.15, -0.1) is 24.0 Å². The lowest BCUT2D eigenvalue weighted by Crippen LogP contribution is -2.38. The molecule has 1 heterocycles. The molecular formula is C18H39IN4. The molecule has 0 amide bonds. The van der Waals surface area contributed by atoms with Crippen LogP contribution < -0.4 is 11.1 Å². The minimum absolute atomic E-state index is 0. The van der Waals surface area contributed by atoms with Crippen molar-refractivity contribution in [2.24, 2.45) is 28.5 Å². The molecule has 0 bridgehead atoms. The van der Waals surface area contributed by atoms with E-state index in [-0.39, 0.29) is 24.0 Å². The molecule has 1 saturated heterocycles. The summed E-state index contributed by atoms with van der Waals surface area (Å²) in [5.41, 5.74) is 6.02. The van der Waals surface area contributed by atoms with Crippen molar-refractivity contribution in [3.63, 3.8) is 0 Å². The molecule has 0 radical (unpaired) electrons. The van der Waals surface area contributed by atoms with Crippen LogP contribution in [0.1, 0.15) is 60.3 Å². The van der Waals surface area contributed by atoms with Gasteiger partial charge in [0.25, 0.3) is 0 Å². The summed E-state index contributed by atoms with van der Waals surface area (Å²) in [5.74, 6) is 2.84. The highest BCUT2D eigenvalue weighted by Gasteiger charge is 2.22. The molecule has 4 nitrogen and oxygen atoms in total. The Labute approximate surface area is 161 Å². The van der Waals surface area contributed by atoms with Crippen molar-refractivity contribution in [3.05, 3.63) is 0 Å². The predicted octanol–water partition coefficient (Wildman–Crippen LogP) is 3.70. The molecule has 138 valence electrons. The Kier molecular flexibility index (Phi) is 12.3. The normalized spacial score (nSPS) is 20.8. The summed E-state index contributed by atoms with van der Waals surface area (Å²) >= 11 is 0. The molecule has 1 rings (SSSR count). The Morgan fingerprint density at radius 2 is 1.87 bits per heavy atom. The largest absolute Gasteiger partial charge is 0.370 e. The van der Waals surface area contributed by atoms with Crippen LogP contribution >= 0.6 is 24.0 Å². The molecule has 1 aliphatic heterocycles. The summed E-state index contributed by atoms with van der Waals surface area (Å²) in [4.78, 5) is 7.12. The number of guanidine groups is 1. The number of rotatable bonds is 9. The van der Waals surface area contributed by atoms with Crippen LogP contribution in [0.3, 0.4) is 0 Å². The summed E-state index contributed by atoms with van der Waals surface area (Å²) < 4.78 is 0. The minimum Gasteiger partial charge on any atom is -0.370 e. The summed E-state index contributed by atoms with van der Waals surface area (Å²) in [7, 11) is 0. The number of halogens is 1. The molecular weight excluding hydrogens is 399 g/mol. The molecule has 0 spiro atoms. The fourth-order valence-corrected chi connectivity index (χ4v) is 3.17. The van der Waals surface area contributed by atoms with Crippen LogP contribution in [0, 0.1) is 17.8 Å². The van der Waals surface area contributed by atoms with Gasteiger partial charge in [0.2, 0.25) is 0 Å². The predicted molar refractivity (Wildman–Crippen MR) is 113 cm³/mol. The van der Waals surface area contributed by atoms with Crippen molar-refractivity contribution in [1.82, 2.24) is 10.2 Å². The van der Waals surface area contributed by atoms with E-state index in [0.29, 0.717) is 17.9 Å². The van der Waals surface area contributed by atoms with Crippen LogP contribution in [0.4, 0.5) is 0 Å². The molecule has 0 aromatic heterocycles. The van der Waals surface area contributed by atoms with E-state index < -0.39 is 0 Å². The quantitative estimate of drug-likeness (QED) is 0.328. The Balaban J connectivity index is 0.00000484. The maximum absolute atomic E-state index is 6.02. The minimum atomic E-state index is 0. The van der Waals surface area contributed by atoms with Gasteiger partial charge >= 0.3 is 0 Å². The molecule has 1 fully saturated rings. The fraction of sp³-hybridized carbons (Fsp3) is 0.944. The molecule has 0 aliphatic carbocycles. The first-order valence-corrected chi connectivity index (χ1v) is 9.15. The third kappa shape index (κ3) is 11.2. The van der Waals surface area contributed by atoms with E-state index >= 15 is 0 Å². The molecule has 2 atom stereocenters. The standard InChI is InChI=1S/C18H38N4.HI/c1-14(2)7-6-8-16(5)21-18(19)20-11-17-9-10-22(13-17)12-15(3)4;/h14-17H,6-13H2,1-5H3,(H3,19,20,21);1H. The average Bonchev–Trinajstić information content (AvgIpc) is 2.82. The monoisotopic (exact) mass is 438 g/mol. The Hall–Kier alpha value is -0.0400. The van der Waals surface area contributed by atoms with Crippen LogP contribution in [0.2, 0.25) is 0 Å². The molecule has 0 aromatic rings. The van der Waals surface area contributed by atoms with Gasteiger partial charge in [-0.1, -0.05) is 40.5 Å². The highest BCUT2D eigenvalue weighted by Crippen LogP contribution is 2.17. The smallest absolute Gasteiger partial charge is 0.188 e.